The number of methoxy groups -OCH3 is 2. The third-order valence-corrected chi connectivity index (χ3v) is 4.72. The molecule has 0 aliphatic carbocycles. The molecule has 1 amide bonds. The summed E-state index contributed by atoms with van der Waals surface area (Å²) in [5, 5.41) is 6.47. The zero-order valence-electron chi connectivity index (χ0n) is 17.1. The van der Waals surface area contributed by atoms with Crippen LogP contribution in [0.2, 0.25) is 0 Å². The first-order valence-electron chi connectivity index (χ1n) is 9.48. The number of aromatic nitrogens is 2. The van der Waals surface area contributed by atoms with E-state index in [4.69, 9.17) is 9.47 Å². The van der Waals surface area contributed by atoms with E-state index in [1.807, 2.05) is 0 Å². The summed E-state index contributed by atoms with van der Waals surface area (Å²) in [6, 6.07) is 12.9. The van der Waals surface area contributed by atoms with Gasteiger partial charge in [0.2, 0.25) is 0 Å². The lowest BCUT2D eigenvalue weighted by Crippen LogP contribution is -2.14. The van der Waals surface area contributed by atoms with Crippen molar-refractivity contribution in [2.75, 3.05) is 24.9 Å². The normalized spacial score (nSPS) is 10.6. The smallest absolute Gasteiger partial charge is 0.258 e. The van der Waals surface area contributed by atoms with Gasteiger partial charge in [0.15, 0.2) is 11.5 Å². The van der Waals surface area contributed by atoms with Gasteiger partial charge in [-0.2, -0.15) is 0 Å². The molecular formula is C23H18F2N4O3. The van der Waals surface area contributed by atoms with E-state index in [1.165, 1.54) is 6.33 Å². The number of nitrogens with one attached hydrogen (secondary N) is 2. The van der Waals surface area contributed by atoms with Gasteiger partial charge in [0.05, 0.1) is 25.3 Å². The standard InChI is InChI=1S/C23H18F2N4O3/c1-31-20-10-17-19(11-21(20)32-2)26-12-27-22(17)28-14-4-6-15(7-5-14)29-23(30)16-9-13(24)3-8-18(16)25/h3-12H,1-2H3,(H,29,30)(H,26,27,28). The molecule has 0 aliphatic heterocycles. The number of hydrogen-bond acceptors (Lipinski definition) is 6. The second-order valence-electron chi connectivity index (χ2n) is 6.73. The first kappa shape index (κ1) is 21.0. The number of amides is 1. The fourth-order valence-corrected chi connectivity index (χ4v) is 3.13. The summed E-state index contributed by atoms with van der Waals surface area (Å²) in [6.07, 6.45) is 1.43. The van der Waals surface area contributed by atoms with Crippen molar-refractivity contribution in [3.63, 3.8) is 0 Å². The maximum atomic E-state index is 13.8. The Labute approximate surface area is 182 Å². The van der Waals surface area contributed by atoms with Crippen LogP contribution in [0.15, 0.2) is 60.9 Å². The van der Waals surface area contributed by atoms with Gasteiger partial charge >= 0.3 is 0 Å². The monoisotopic (exact) mass is 436 g/mol. The van der Waals surface area contributed by atoms with Crippen LogP contribution in [-0.2, 0) is 0 Å². The number of hydrogen-bond donors (Lipinski definition) is 2. The maximum Gasteiger partial charge on any atom is 0.258 e. The number of carbonyl (C=O) groups is 1. The third-order valence-electron chi connectivity index (χ3n) is 4.72. The summed E-state index contributed by atoms with van der Waals surface area (Å²) < 4.78 is 37.8. The first-order valence-corrected chi connectivity index (χ1v) is 9.48. The molecule has 0 atom stereocenters. The molecule has 0 fully saturated rings. The molecule has 0 saturated carbocycles. The van der Waals surface area contributed by atoms with Gasteiger partial charge in [-0.1, -0.05) is 0 Å². The van der Waals surface area contributed by atoms with Gasteiger partial charge in [0, 0.05) is 22.8 Å². The van der Waals surface area contributed by atoms with Crippen molar-refractivity contribution in [1.82, 2.24) is 9.97 Å². The van der Waals surface area contributed by atoms with Crippen molar-refractivity contribution >= 4 is 34.0 Å². The van der Waals surface area contributed by atoms with Crippen molar-refractivity contribution in [3.05, 3.63) is 78.1 Å². The molecule has 7 nitrogen and oxygen atoms in total. The molecule has 32 heavy (non-hydrogen) atoms. The van der Waals surface area contributed by atoms with Crippen LogP contribution < -0.4 is 20.1 Å². The van der Waals surface area contributed by atoms with E-state index in [9.17, 15) is 13.6 Å². The van der Waals surface area contributed by atoms with Crippen molar-refractivity contribution in [1.29, 1.82) is 0 Å². The molecule has 4 aromatic rings. The van der Waals surface area contributed by atoms with E-state index < -0.39 is 17.5 Å². The highest BCUT2D eigenvalue weighted by molar-refractivity contribution is 6.04. The Morgan fingerprint density at radius 2 is 1.56 bits per heavy atom. The van der Waals surface area contributed by atoms with Gasteiger partial charge in [-0.3, -0.25) is 4.79 Å². The van der Waals surface area contributed by atoms with E-state index in [2.05, 4.69) is 20.6 Å². The molecule has 2 N–H and O–H groups in total. The lowest BCUT2D eigenvalue weighted by molar-refractivity contribution is 0.102. The Morgan fingerprint density at radius 3 is 2.28 bits per heavy atom. The number of benzene rings is 3. The van der Waals surface area contributed by atoms with Crippen LogP contribution in [0.4, 0.5) is 26.0 Å². The number of nitrogens with zero attached hydrogens (tertiary/aromatic N) is 2. The summed E-state index contributed by atoms with van der Waals surface area (Å²) in [6.45, 7) is 0. The van der Waals surface area contributed by atoms with Gasteiger partial charge in [0.1, 0.15) is 23.8 Å². The number of anilines is 3. The highest BCUT2D eigenvalue weighted by atomic mass is 19.1. The van der Waals surface area contributed by atoms with Crippen LogP contribution in [-0.4, -0.2) is 30.1 Å². The van der Waals surface area contributed by atoms with Crippen molar-refractivity contribution in [2.24, 2.45) is 0 Å². The highest BCUT2D eigenvalue weighted by Crippen LogP contribution is 2.34. The Bertz CT molecular complexity index is 1300. The van der Waals surface area contributed by atoms with E-state index in [1.54, 1.807) is 50.6 Å². The summed E-state index contributed by atoms with van der Waals surface area (Å²) in [5.41, 5.74) is 1.41. The molecular weight excluding hydrogens is 418 g/mol. The molecule has 1 aromatic heterocycles. The number of fused-ring (bicyclic) bond motifs is 1. The summed E-state index contributed by atoms with van der Waals surface area (Å²) >= 11 is 0. The molecule has 4 rings (SSSR count). The highest BCUT2D eigenvalue weighted by Gasteiger charge is 2.14. The molecule has 0 radical (unpaired) electrons. The molecule has 162 valence electrons. The summed E-state index contributed by atoms with van der Waals surface area (Å²) in [5.74, 6) is -0.590. The predicted molar refractivity (Wildman–Crippen MR) is 117 cm³/mol. The van der Waals surface area contributed by atoms with Crippen LogP contribution in [0.5, 0.6) is 11.5 Å². The Kier molecular flexibility index (Phi) is 5.80. The molecule has 3 aromatic carbocycles. The zero-order chi connectivity index (χ0) is 22.7. The van der Waals surface area contributed by atoms with Crippen LogP contribution in [0.1, 0.15) is 10.4 Å². The average molecular weight is 436 g/mol. The van der Waals surface area contributed by atoms with Gasteiger partial charge in [-0.05, 0) is 48.5 Å². The minimum absolute atomic E-state index is 0.371. The predicted octanol–water partition coefficient (Wildman–Crippen LogP) is 4.92. The van der Waals surface area contributed by atoms with Crippen LogP contribution in [0.25, 0.3) is 10.9 Å². The second kappa shape index (κ2) is 8.84. The molecule has 9 heteroatoms. The zero-order valence-corrected chi connectivity index (χ0v) is 17.1. The number of halogens is 2. The lowest BCUT2D eigenvalue weighted by atomic mass is 10.2. The van der Waals surface area contributed by atoms with Crippen LogP contribution in [0.3, 0.4) is 0 Å². The lowest BCUT2D eigenvalue weighted by Gasteiger charge is -2.12. The molecule has 0 unspecified atom stereocenters. The summed E-state index contributed by atoms with van der Waals surface area (Å²) in [7, 11) is 3.09. The largest absolute Gasteiger partial charge is 0.493 e. The van der Waals surface area contributed by atoms with Crippen LogP contribution in [0, 0.1) is 11.6 Å². The Balaban J connectivity index is 1.54. The fourth-order valence-electron chi connectivity index (χ4n) is 3.13. The average Bonchev–Trinajstić information content (AvgIpc) is 2.81. The topological polar surface area (TPSA) is 85.4 Å². The second-order valence-corrected chi connectivity index (χ2v) is 6.73. The van der Waals surface area contributed by atoms with E-state index in [-0.39, 0.29) is 5.56 Å². The molecule has 0 spiro atoms. The molecule has 1 heterocycles. The van der Waals surface area contributed by atoms with Gasteiger partial charge in [-0.15, -0.1) is 0 Å². The third kappa shape index (κ3) is 4.27. The van der Waals surface area contributed by atoms with Crippen LogP contribution >= 0.6 is 0 Å². The van der Waals surface area contributed by atoms with E-state index in [0.717, 1.165) is 23.6 Å². The molecule has 0 bridgehead atoms. The van der Waals surface area contributed by atoms with Gasteiger partial charge in [-0.25, -0.2) is 18.7 Å². The van der Waals surface area contributed by atoms with E-state index in [0.29, 0.717) is 34.2 Å². The summed E-state index contributed by atoms with van der Waals surface area (Å²) in [4.78, 5) is 20.8. The first-order chi connectivity index (χ1) is 15.5. The van der Waals surface area contributed by atoms with Gasteiger partial charge < -0.3 is 20.1 Å². The number of carbonyl (C=O) groups excluding carboxylic acids is 1. The van der Waals surface area contributed by atoms with Gasteiger partial charge in [0.25, 0.3) is 5.91 Å². The van der Waals surface area contributed by atoms with Crippen molar-refractivity contribution < 1.29 is 23.0 Å². The number of ether oxygens (including phenoxy) is 2. The minimum atomic E-state index is -0.801. The van der Waals surface area contributed by atoms with E-state index >= 15 is 0 Å². The van der Waals surface area contributed by atoms with Crippen molar-refractivity contribution in [3.8, 4) is 11.5 Å². The Morgan fingerprint density at radius 1 is 0.875 bits per heavy atom. The number of rotatable bonds is 6. The Hall–Kier alpha value is -4.27. The molecule has 0 saturated heterocycles. The minimum Gasteiger partial charge on any atom is -0.493 e. The maximum absolute atomic E-state index is 13.8. The SMILES string of the molecule is COc1cc2ncnc(Nc3ccc(NC(=O)c4cc(F)ccc4F)cc3)c2cc1OC. The van der Waals surface area contributed by atoms with Crippen molar-refractivity contribution in [2.45, 2.75) is 0 Å². The molecule has 0 aliphatic rings. The quantitative estimate of drug-likeness (QED) is 0.446. The fraction of sp³-hybridized carbons (Fsp3) is 0.0870.